The van der Waals surface area contributed by atoms with Gasteiger partial charge in [0.1, 0.15) is 11.6 Å². The topological polar surface area (TPSA) is 96.7 Å². The molecule has 0 spiro atoms. The molecule has 3 heterocycles. The molecule has 0 saturated carbocycles. The van der Waals surface area contributed by atoms with Gasteiger partial charge in [-0.2, -0.15) is 16.9 Å². The first-order chi connectivity index (χ1) is 11.3. The van der Waals surface area contributed by atoms with Gasteiger partial charge in [0.15, 0.2) is 11.6 Å². The average Bonchev–Trinajstić information content (AvgIpc) is 3.23. The Morgan fingerprint density at radius 2 is 2.13 bits per heavy atom. The van der Waals surface area contributed by atoms with E-state index in [1.165, 1.54) is 0 Å². The molecule has 0 unspecified atom stereocenters. The first-order valence-corrected chi connectivity index (χ1v) is 8.33. The quantitative estimate of drug-likeness (QED) is 0.720. The van der Waals surface area contributed by atoms with Crippen molar-refractivity contribution in [2.24, 2.45) is 0 Å². The molecular weight excluding hydrogens is 314 g/mol. The molecule has 3 rings (SSSR count). The Balaban J connectivity index is 1.60. The van der Waals surface area contributed by atoms with E-state index in [4.69, 9.17) is 4.42 Å². The molecular formula is C15H15N5O2S. The van der Waals surface area contributed by atoms with E-state index in [0.717, 1.165) is 17.1 Å². The number of rotatable bonds is 6. The number of pyridine rings is 1. The number of thioether (sulfide) groups is 1. The van der Waals surface area contributed by atoms with Gasteiger partial charge in [-0.15, -0.1) is 0 Å². The second-order valence-corrected chi connectivity index (χ2v) is 5.59. The Hall–Kier alpha value is -2.61. The standard InChI is InChI=1S/C15H15N5O2S/c1-23-9-11-2-3-12(22-11)15(21)17-8-13-18-14(20-19-13)10-4-6-16-7-5-10/h2-7H,8-9H2,1H3,(H,17,21)(H,18,19,20). The van der Waals surface area contributed by atoms with Crippen LogP contribution in [0.25, 0.3) is 11.4 Å². The summed E-state index contributed by atoms with van der Waals surface area (Å²) < 4.78 is 5.46. The second kappa shape index (κ2) is 7.10. The van der Waals surface area contributed by atoms with Crippen LogP contribution in [0, 0.1) is 0 Å². The van der Waals surface area contributed by atoms with E-state index in [9.17, 15) is 4.79 Å². The highest BCUT2D eigenvalue weighted by Gasteiger charge is 2.12. The minimum absolute atomic E-state index is 0.246. The summed E-state index contributed by atoms with van der Waals surface area (Å²) in [5.74, 6) is 2.67. The van der Waals surface area contributed by atoms with Crippen LogP contribution < -0.4 is 5.32 Å². The summed E-state index contributed by atoms with van der Waals surface area (Å²) in [7, 11) is 0. The van der Waals surface area contributed by atoms with Gasteiger partial charge in [-0.05, 0) is 30.5 Å². The van der Waals surface area contributed by atoms with Crippen molar-refractivity contribution in [3.63, 3.8) is 0 Å². The number of aromatic amines is 1. The van der Waals surface area contributed by atoms with Crippen LogP contribution in [0.3, 0.4) is 0 Å². The molecule has 0 saturated heterocycles. The molecule has 0 aliphatic carbocycles. The van der Waals surface area contributed by atoms with Crippen molar-refractivity contribution in [3.8, 4) is 11.4 Å². The Kier molecular flexibility index (Phi) is 4.72. The maximum absolute atomic E-state index is 12.0. The van der Waals surface area contributed by atoms with Gasteiger partial charge in [0, 0.05) is 18.0 Å². The molecule has 7 nitrogen and oxygen atoms in total. The number of aromatic nitrogens is 4. The number of nitrogens with one attached hydrogen (secondary N) is 2. The fourth-order valence-corrected chi connectivity index (χ4v) is 2.42. The normalized spacial score (nSPS) is 10.7. The van der Waals surface area contributed by atoms with Crippen LogP contribution in [-0.2, 0) is 12.3 Å². The van der Waals surface area contributed by atoms with Gasteiger partial charge in [0.25, 0.3) is 5.91 Å². The molecule has 0 radical (unpaired) electrons. The third-order valence-corrected chi connectivity index (χ3v) is 3.63. The van der Waals surface area contributed by atoms with Crippen molar-refractivity contribution in [2.45, 2.75) is 12.3 Å². The molecule has 3 aromatic heterocycles. The molecule has 2 N–H and O–H groups in total. The Morgan fingerprint density at radius 3 is 2.91 bits per heavy atom. The summed E-state index contributed by atoms with van der Waals surface area (Å²) in [5.41, 5.74) is 0.863. The van der Waals surface area contributed by atoms with Gasteiger partial charge in [0.2, 0.25) is 0 Å². The molecule has 0 aliphatic rings. The zero-order valence-electron chi connectivity index (χ0n) is 12.4. The van der Waals surface area contributed by atoms with Crippen molar-refractivity contribution in [1.82, 2.24) is 25.5 Å². The number of hydrogen-bond acceptors (Lipinski definition) is 6. The maximum Gasteiger partial charge on any atom is 0.287 e. The zero-order chi connectivity index (χ0) is 16.1. The number of carbonyl (C=O) groups is 1. The monoisotopic (exact) mass is 329 g/mol. The van der Waals surface area contributed by atoms with Crippen LogP contribution in [0.5, 0.6) is 0 Å². The van der Waals surface area contributed by atoms with Crippen LogP contribution in [-0.4, -0.2) is 32.3 Å². The highest BCUT2D eigenvalue weighted by molar-refractivity contribution is 7.97. The minimum Gasteiger partial charge on any atom is -0.455 e. The molecule has 0 bridgehead atoms. The van der Waals surface area contributed by atoms with Crippen LogP contribution >= 0.6 is 11.8 Å². The van der Waals surface area contributed by atoms with Gasteiger partial charge in [0.05, 0.1) is 12.3 Å². The summed E-state index contributed by atoms with van der Waals surface area (Å²) in [4.78, 5) is 20.3. The van der Waals surface area contributed by atoms with Crippen LogP contribution in [0.15, 0.2) is 41.1 Å². The number of amides is 1. The second-order valence-electron chi connectivity index (χ2n) is 4.72. The van der Waals surface area contributed by atoms with Crippen molar-refractivity contribution in [3.05, 3.63) is 54.0 Å². The average molecular weight is 329 g/mol. The van der Waals surface area contributed by atoms with E-state index in [1.54, 1.807) is 36.3 Å². The Bertz CT molecular complexity index is 784. The third kappa shape index (κ3) is 3.78. The molecule has 8 heteroatoms. The smallest absolute Gasteiger partial charge is 0.287 e. The Labute approximate surface area is 136 Å². The maximum atomic E-state index is 12.0. The lowest BCUT2D eigenvalue weighted by Crippen LogP contribution is -2.22. The van der Waals surface area contributed by atoms with E-state index in [0.29, 0.717) is 17.4 Å². The summed E-state index contributed by atoms with van der Waals surface area (Å²) in [6, 6.07) is 7.12. The van der Waals surface area contributed by atoms with Crippen LogP contribution in [0.1, 0.15) is 22.1 Å². The highest BCUT2D eigenvalue weighted by Crippen LogP contribution is 2.14. The molecule has 0 atom stereocenters. The third-order valence-electron chi connectivity index (χ3n) is 3.06. The van der Waals surface area contributed by atoms with Gasteiger partial charge in [-0.3, -0.25) is 14.9 Å². The molecule has 0 aliphatic heterocycles. The lowest BCUT2D eigenvalue weighted by Gasteiger charge is -1.99. The van der Waals surface area contributed by atoms with Crippen molar-refractivity contribution < 1.29 is 9.21 Å². The van der Waals surface area contributed by atoms with Gasteiger partial charge < -0.3 is 9.73 Å². The molecule has 0 fully saturated rings. The largest absolute Gasteiger partial charge is 0.455 e. The molecule has 23 heavy (non-hydrogen) atoms. The number of H-pyrrole nitrogens is 1. The first kappa shape index (κ1) is 15.3. The summed E-state index contributed by atoms with van der Waals surface area (Å²) >= 11 is 1.64. The number of nitrogens with zero attached hydrogens (tertiary/aromatic N) is 3. The summed E-state index contributed by atoms with van der Waals surface area (Å²) in [6.45, 7) is 0.246. The van der Waals surface area contributed by atoms with Gasteiger partial charge in [-0.25, -0.2) is 4.98 Å². The molecule has 0 aromatic carbocycles. The predicted molar refractivity (Wildman–Crippen MR) is 86.7 cm³/mol. The van der Waals surface area contributed by atoms with Crippen molar-refractivity contribution in [1.29, 1.82) is 0 Å². The lowest BCUT2D eigenvalue weighted by molar-refractivity contribution is 0.0921. The zero-order valence-corrected chi connectivity index (χ0v) is 13.3. The fourth-order valence-electron chi connectivity index (χ4n) is 1.98. The van der Waals surface area contributed by atoms with Crippen molar-refractivity contribution in [2.75, 3.05) is 6.26 Å². The fraction of sp³-hybridized carbons (Fsp3) is 0.200. The number of carbonyl (C=O) groups excluding carboxylic acids is 1. The summed E-state index contributed by atoms with van der Waals surface area (Å²) in [6.07, 6.45) is 5.33. The van der Waals surface area contributed by atoms with E-state index < -0.39 is 0 Å². The molecule has 118 valence electrons. The van der Waals surface area contributed by atoms with E-state index in [2.05, 4.69) is 25.5 Å². The summed E-state index contributed by atoms with van der Waals surface area (Å²) in [5, 5.41) is 9.68. The first-order valence-electron chi connectivity index (χ1n) is 6.94. The van der Waals surface area contributed by atoms with Gasteiger partial charge in [-0.1, -0.05) is 0 Å². The lowest BCUT2D eigenvalue weighted by atomic mass is 10.2. The van der Waals surface area contributed by atoms with E-state index >= 15 is 0 Å². The minimum atomic E-state index is -0.279. The highest BCUT2D eigenvalue weighted by atomic mass is 32.2. The van der Waals surface area contributed by atoms with E-state index in [-0.39, 0.29) is 12.5 Å². The molecule has 1 amide bonds. The van der Waals surface area contributed by atoms with Crippen LogP contribution in [0.2, 0.25) is 0 Å². The van der Waals surface area contributed by atoms with Gasteiger partial charge >= 0.3 is 0 Å². The Morgan fingerprint density at radius 1 is 1.30 bits per heavy atom. The van der Waals surface area contributed by atoms with Crippen LogP contribution in [0.4, 0.5) is 0 Å². The number of hydrogen-bond donors (Lipinski definition) is 2. The predicted octanol–water partition coefficient (Wildman–Crippen LogP) is 2.25. The number of furan rings is 1. The SMILES string of the molecule is CSCc1ccc(C(=O)NCc2nc(-c3ccncc3)n[nH]2)o1. The van der Waals surface area contributed by atoms with E-state index in [1.807, 2.05) is 18.4 Å². The van der Waals surface area contributed by atoms with Crippen molar-refractivity contribution >= 4 is 17.7 Å². The molecule has 3 aromatic rings.